The lowest BCUT2D eigenvalue weighted by Crippen LogP contribution is -2.17. The average molecular weight is 288 g/mol. The summed E-state index contributed by atoms with van der Waals surface area (Å²) in [7, 11) is 0. The van der Waals surface area contributed by atoms with Crippen LogP contribution in [-0.4, -0.2) is 21.3 Å². The Labute approximate surface area is 122 Å². The fourth-order valence-corrected chi connectivity index (χ4v) is 2.15. The monoisotopic (exact) mass is 288 g/mol. The van der Waals surface area contributed by atoms with Gasteiger partial charge >= 0.3 is 0 Å². The third-order valence-corrected chi connectivity index (χ3v) is 3.02. The van der Waals surface area contributed by atoms with Crippen LogP contribution in [0.5, 0.6) is 5.88 Å². The molecule has 0 saturated carbocycles. The quantitative estimate of drug-likeness (QED) is 0.514. The van der Waals surface area contributed by atoms with Gasteiger partial charge in [0.05, 0.1) is 5.52 Å². The maximum absolute atomic E-state index is 10.3. The highest BCUT2D eigenvalue weighted by atomic mass is 32.1. The highest BCUT2D eigenvalue weighted by molar-refractivity contribution is 7.80. The summed E-state index contributed by atoms with van der Waals surface area (Å²) in [6.07, 6.45) is 1.72. The summed E-state index contributed by atoms with van der Waals surface area (Å²) in [5.74, 6) is 0.0640. The van der Waals surface area contributed by atoms with E-state index in [0.29, 0.717) is 23.9 Å². The van der Waals surface area contributed by atoms with E-state index in [1.165, 1.54) is 0 Å². The molecule has 0 saturated heterocycles. The van der Waals surface area contributed by atoms with Gasteiger partial charge in [-0.3, -0.25) is 0 Å². The Bertz CT molecular complexity index is 675. The Hall–Kier alpha value is -2.21. The third kappa shape index (κ3) is 2.70. The van der Waals surface area contributed by atoms with Gasteiger partial charge in [0, 0.05) is 18.5 Å². The Kier molecular flexibility index (Phi) is 4.47. The highest BCUT2D eigenvalue weighted by Crippen LogP contribution is 2.38. The summed E-state index contributed by atoms with van der Waals surface area (Å²) in [6.45, 7) is 6.80. The van der Waals surface area contributed by atoms with E-state index in [0.717, 1.165) is 10.9 Å². The van der Waals surface area contributed by atoms with Crippen molar-refractivity contribution >= 4 is 33.9 Å². The zero-order valence-corrected chi connectivity index (χ0v) is 12.0. The molecule has 0 aliphatic rings. The topological polar surface area (TPSA) is 61.9 Å². The molecule has 6 heteroatoms. The molecular weight excluding hydrogens is 272 g/mol. The largest absolute Gasteiger partial charge is 0.493 e. The van der Waals surface area contributed by atoms with Crippen LogP contribution in [0, 0.1) is 0 Å². The lowest BCUT2D eigenvalue weighted by molar-refractivity contribution is 0.431. The van der Waals surface area contributed by atoms with Crippen molar-refractivity contribution in [2.45, 2.75) is 13.5 Å². The number of fused-ring (bicyclic) bond motifs is 1. The number of nitrogens with zero attached hydrogens (tertiary/aromatic N) is 3. The van der Waals surface area contributed by atoms with Gasteiger partial charge in [-0.2, -0.15) is 0 Å². The third-order valence-electron chi connectivity index (χ3n) is 2.80. The van der Waals surface area contributed by atoms with Gasteiger partial charge in [-0.15, -0.1) is 16.8 Å². The number of para-hydroxylation sites is 1. The SMILES string of the molecule is C=CCn1c(O)c(N=NC(=S)NCC)c2ccccc21. The van der Waals surface area contributed by atoms with Crippen molar-refractivity contribution in [3.05, 3.63) is 36.9 Å². The van der Waals surface area contributed by atoms with Crippen molar-refractivity contribution in [1.29, 1.82) is 0 Å². The molecule has 2 rings (SSSR count). The minimum atomic E-state index is 0.0640. The standard InChI is InChI=1S/C14H16N4OS/c1-3-9-18-11-8-6-5-7-10(11)12(13(18)19)16-17-14(20)15-4-2/h3,5-8,19H,1,4,9H2,2H3,(H,15,20). The van der Waals surface area contributed by atoms with Gasteiger partial charge in [-0.05, 0) is 25.2 Å². The van der Waals surface area contributed by atoms with Gasteiger partial charge < -0.3 is 15.0 Å². The number of hydrogen-bond acceptors (Lipinski definition) is 3. The van der Waals surface area contributed by atoms with Crippen LogP contribution in [0.1, 0.15) is 6.92 Å². The van der Waals surface area contributed by atoms with Crippen LogP contribution in [0.4, 0.5) is 5.69 Å². The Balaban J connectivity index is 2.50. The second kappa shape index (κ2) is 6.29. The molecule has 0 aliphatic carbocycles. The number of allylic oxidation sites excluding steroid dienone is 1. The molecule has 0 aliphatic heterocycles. The summed E-state index contributed by atoms with van der Waals surface area (Å²) < 4.78 is 1.73. The first kappa shape index (κ1) is 14.2. The van der Waals surface area contributed by atoms with Crippen molar-refractivity contribution < 1.29 is 5.11 Å². The fourth-order valence-electron chi connectivity index (χ4n) is 1.97. The van der Waals surface area contributed by atoms with E-state index < -0.39 is 0 Å². The zero-order chi connectivity index (χ0) is 14.5. The minimum absolute atomic E-state index is 0.0640. The lowest BCUT2D eigenvalue weighted by Gasteiger charge is -2.01. The number of azo groups is 1. The number of aromatic nitrogens is 1. The van der Waals surface area contributed by atoms with Crippen LogP contribution in [0.3, 0.4) is 0 Å². The first-order chi connectivity index (χ1) is 9.69. The normalized spacial score (nSPS) is 11.1. The molecule has 1 heterocycles. The molecule has 0 radical (unpaired) electrons. The molecule has 0 unspecified atom stereocenters. The molecule has 20 heavy (non-hydrogen) atoms. The van der Waals surface area contributed by atoms with E-state index in [2.05, 4.69) is 22.1 Å². The molecule has 0 bridgehead atoms. The number of nitrogens with one attached hydrogen (secondary N) is 1. The van der Waals surface area contributed by atoms with Gasteiger partial charge in [0.15, 0.2) is 5.69 Å². The summed E-state index contributed by atoms with van der Waals surface area (Å²) in [5, 5.41) is 22.3. The van der Waals surface area contributed by atoms with Crippen molar-refractivity contribution in [3.63, 3.8) is 0 Å². The molecule has 1 aromatic carbocycles. The van der Waals surface area contributed by atoms with Crippen LogP contribution < -0.4 is 5.32 Å². The second-order valence-corrected chi connectivity index (χ2v) is 4.51. The molecule has 0 amide bonds. The van der Waals surface area contributed by atoms with Crippen molar-refractivity contribution in [2.75, 3.05) is 6.54 Å². The average Bonchev–Trinajstić information content (AvgIpc) is 2.71. The van der Waals surface area contributed by atoms with Crippen molar-refractivity contribution in [2.24, 2.45) is 10.2 Å². The predicted molar refractivity (Wildman–Crippen MR) is 84.6 cm³/mol. The zero-order valence-electron chi connectivity index (χ0n) is 11.2. The van der Waals surface area contributed by atoms with Gasteiger partial charge in [0.2, 0.25) is 11.0 Å². The van der Waals surface area contributed by atoms with Gasteiger partial charge in [-0.1, -0.05) is 24.3 Å². The van der Waals surface area contributed by atoms with Crippen LogP contribution in [0.2, 0.25) is 0 Å². The van der Waals surface area contributed by atoms with E-state index in [1.54, 1.807) is 10.6 Å². The molecule has 0 spiro atoms. The maximum atomic E-state index is 10.3. The van der Waals surface area contributed by atoms with E-state index in [-0.39, 0.29) is 5.88 Å². The number of benzene rings is 1. The molecule has 2 aromatic rings. The molecule has 104 valence electrons. The molecule has 0 fully saturated rings. The number of rotatable bonds is 4. The van der Waals surface area contributed by atoms with Gasteiger partial charge in [0.1, 0.15) is 0 Å². The predicted octanol–water partition coefficient (Wildman–Crippen LogP) is 3.51. The molecule has 1 aromatic heterocycles. The highest BCUT2D eigenvalue weighted by Gasteiger charge is 2.15. The van der Waals surface area contributed by atoms with E-state index in [9.17, 15) is 5.11 Å². The second-order valence-electron chi connectivity index (χ2n) is 4.12. The first-order valence-corrected chi connectivity index (χ1v) is 6.70. The fraction of sp³-hybridized carbons (Fsp3) is 0.214. The molecule has 0 atom stereocenters. The van der Waals surface area contributed by atoms with Crippen LogP contribution in [-0.2, 0) is 6.54 Å². The van der Waals surface area contributed by atoms with Crippen LogP contribution in [0.25, 0.3) is 10.9 Å². The lowest BCUT2D eigenvalue weighted by atomic mass is 10.2. The maximum Gasteiger partial charge on any atom is 0.221 e. The smallest absolute Gasteiger partial charge is 0.221 e. The molecule has 5 nitrogen and oxygen atoms in total. The first-order valence-electron chi connectivity index (χ1n) is 6.29. The Morgan fingerprint density at radius 1 is 1.50 bits per heavy atom. The van der Waals surface area contributed by atoms with Gasteiger partial charge in [-0.25, -0.2) is 0 Å². The summed E-state index contributed by atoms with van der Waals surface area (Å²) in [4.78, 5) is 0. The van der Waals surface area contributed by atoms with Crippen molar-refractivity contribution in [3.8, 4) is 5.88 Å². The Morgan fingerprint density at radius 2 is 2.25 bits per heavy atom. The van der Waals surface area contributed by atoms with Crippen LogP contribution in [0.15, 0.2) is 47.1 Å². The molecular formula is C14H16N4OS. The van der Waals surface area contributed by atoms with E-state index in [4.69, 9.17) is 12.2 Å². The summed E-state index contributed by atoms with van der Waals surface area (Å²) in [5.41, 5.74) is 1.30. The summed E-state index contributed by atoms with van der Waals surface area (Å²) in [6, 6.07) is 7.60. The Morgan fingerprint density at radius 3 is 2.95 bits per heavy atom. The van der Waals surface area contributed by atoms with Crippen molar-refractivity contribution in [1.82, 2.24) is 9.88 Å². The number of hydrogen-bond donors (Lipinski definition) is 2. The molecule has 2 N–H and O–H groups in total. The van der Waals surface area contributed by atoms with E-state index >= 15 is 0 Å². The summed E-state index contributed by atoms with van der Waals surface area (Å²) >= 11 is 5.00. The van der Waals surface area contributed by atoms with Crippen LogP contribution >= 0.6 is 12.2 Å². The number of aromatic hydroxyl groups is 1. The van der Waals surface area contributed by atoms with E-state index in [1.807, 2.05) is 31.2 Å². The van der Waals surface area contributed by atoms with Gasteiger partial charge in [0.25, 0.3) is 0 Å². The minimum Gasteiger partial charge on any atom is -0.493 e. The number of thiocarbonyl (C=S) groups is 1.